The van der Waals surface area contributed by atoms with Gasteiger partial charge in [0.25, 0.3) is 15.9 Å². The lowest BCUT2D eigenvalue weighted by Gasteiger charge is -2.38. The van der Waals surface area contributed by atoms with Gasteiger partial charge in [0.05, 0.1) is 31.1 Å². The summed E-state index contributed by atoms with van der Waals surface area (Å²) in [6.07, 6.45) is 2.18. The summed E-state index contributed by atoms with van der Waals surface area (Å²) < 4.78 is 41.1. The smallest absolute Gasteiger partial charge is 0.321 e. The second kappa shape index (κ2) is 11.8. The van der Waals surface area contributed by atoms with Gasteiger partial charge in [-0.2, -0.15) is 8.42 Å². The van der Waals surface area contributed by atoms with Gasteiger partial charge in [-0.25, -0.2) is 9.78 Å². The summed E-state index contributed by atoms with van der Waals surface area (Å²) in [7, 11) is -0.735. The number of imidazole rings is 1. The van der Waals surface area contributed by atoms with Gasteiger partial charge in [-0.1, -0.05) is 12.1 Å². The van der Waals surface area contributed by atoms with Gasteiger partial charge in [0.15, 0.2) is 10.8 Å². The normalized spacial score (nSPS) is 18.1. The van der Waals surface area contributed by atoms with Crippen molar-refractivity contribution in [3.8, 4) is 5.75 Å². The second-order valence-electron chi connectivity index (χ2n) is 10.3. The molecule has 0 radical (unpaired) electrons. The van der Waals surface area contributed by atoms with E-state index in [9.17, 15) is 23.1 Å². The molecular weight excluding hydrogens is 554 g/mol. The molecule has 4 rings (SSSR count). The molecule has 0 fully saturated rings. The number of likely N-dealkylation sites (N-methyl/N-ethyl adjacent to an activating group) is 1. The number of carbonyl (C=O) groups excluding carboxylic acids is 2. The maximum Gasteiger partial charge on any atom is 0.321 e. The minimum atomic E-state index is -4.01. The Kier molecular flexibility index (Phi) is 8.58. The Morgan fingerprint density at radius 2 is 2.05 bits per heavy atom. The SMILES string of the molecule is Cc1noc(C)c1NC(=O)N(C)C[C@@H]1Oc2ccc(NS(=O)(=O)c3cn(C)cn3)cc2C(=O)N([C@@H](C)CO)C[C@@H]1C. The van der Waals surface area contributed by atoms with Crippen LogP contribution >= 0.6 is 0 Å². The first-order chi connectivity index (χ1) is 19.3. The van der Waals surface area contributed by atoms with Gasteiger partial charge in [0.1, 0.15) is 23.2 Å². The van der Waals surface area contributed by atoms with Crippen molar-refractivity contribution in [1.82, 2.24) is 24.5 Å². The fourth-order valence-electron chi connectivity index (χ4n) is 4.46. The molecule has 15 heteroatoms. The summed E-state index contributed by atoms with van der Waals surface area (Å²) in [6, 6.07) is 3.49. The highest BCUT2D eigenvalue weighted by molar-refractivity contribution is 7.92. The maximum atomic E-state index is 13.7. The van der Waals surface area contributed by atoms with Crippen molar-refractivity contribution in [3.05, 3.63) is 47.7 Å². The first-order valence-corrected chi connectivity index (χ1v) is 14.5. The van der Waals surface area contributed by atoms with Gasteiger partial charge in [-0.15, -0.1) is 0 Å². The fraction of sp³-hybridized carbons (Fsp3) is 0.462. The molecule has 3 heterocycles. The van der Waals surface area contributed by atoms with Crippen LogP contribution in [0.3, 0.4) is 0 Å². The lowest BCUT2D eigenvalue weighted by atomic mass is 9.99. The van der Waals surface area contributed by atoms with Crippen LogP contribution in [0.15, 0.2) is 40.3 Å². The molecule has 1 aliphatic heterocycles. The van der Waals surface area contributed by atoms with Crippen LogP contribution in [0.1, 0.15) is 35.7 Å². The molecule has 3 amide bonds. The minimum absolute atomic E-state index is 0.117. The van der Waals surface area contributed by atoms with Gasteiger partial charge in [0.2, 0.25) is 0 Å². The molecule has 0 saturated heterocycles. The highest BCUT2D eigenvalue weighted by atomic mass is 32.2. The molecule has 3 atom stereocenters. The van der Waals surface area contributed by atoms with Gasteiger partial charge >= 0.3 is 6.03 Å². The molecule has 3 aromatic rings. The lowest BCUT2D eigenvalue weighted by molar-refractivity contribution is 0.0371. The number of aryl methyl sites for hydroxylation is 3. The minimum Gasteiger partial charge on any atom is -0.487 e. The fourth-order valence-corrected chi connectivity index (χ4v) is 5.49. The molecule has 1 aromatic carbocycles. The molecule has 3 N–H and O–H groups in total. The van der Waals surface area contributed by atoms with Crippen LogP contribution in [0.4, 0.5) is 16.2 Å². The average molecular weight is 590 g/mol. The van der Waals surface area contributed by atoms with E-state index in [1.807, 2.05) is 6.92 Å². The van der Waals surface area contributed by atoms with E-state index >= 15 is 0 Å². The molecule has 0 saturated carbocycles. The van der Waals surface area contributed by atoms with Crippen LogP contribution in [0, 0.1) is 19.8 Å². The summed E-state index contributed by atoms with van der Waals surface area (Å²) >= 11 is 0. The number of hydrogen-bond donors (Lipinski definition) is 3. The molecule has 14 nitrogen and oxygen atoms in total. The predicted octanol–water partition coefficient (Wildman–Crippen LogP) is 2.21. The number of benzene rings is 1. The van der Waals surface area contributed by atoms with Crippen LogP contribution in [0.5, 0.6) is 5.75 Å². The Bertz CT molecular complexity index is 1510. The summed E-state index contributed by atoms with van der Waals surface area (Å²) in [4.78, 5) is 33.5. The number of anilines is 2. The van der Waals surface area contributed by atoms with Crippen molar-refractivity contribution in [2.24, 2.45) is 13.0 Å². The summed E-state index contributed by atoms with van der Waals surface area (Å²) in [5.41, 5.74) is 1.30. The number of amides is 3. The van der Waals surface area contributed by atoms with E-state index in [-0.39, 0.29) is 47.6 Å². The topological polar surface area (TPSA) is 172 Å². The van der Waals surface area contributed by atoms with Gasteiger partial charge in [-0.05, 0) is 39.0 Å². The van der Waals surface area contributed by atoms with E-state index in [2.05, 4.69) is 20.2 Å². The number of nitrogens with zero attached hydrogens (tertiary/aromatic N) is 5. The Balaban J connectivity index is 1.62. The lowest BCUT2D eigenvalue weighted by Crippen LogP contribution is -2.50. The average Bonchev–Trinajstić information content (AvgIpc) is 3.51. The second-order valence-corrected chi connectivity index (χ2v) is 12.0. The number of aliphatic hydroxyl groups excluding tert-OH is 1. The third-order valence-corrected chi connectivity index (χ3v) is 8.21. The monoisotopic (exact) mass is 589 g/mol. The molecule has 0 unspecified atom stereocenters. The number of rotatable bonds is 8. The number of nitrogens with one attached hydrogen (secondary N) is 2. The number of fused-ring (bicyclic) bond motifs is 1. The van der Waals surface area contributed by atoms with Crippen molar-refractivity contribution in [2.45, 2.75) is 44.9 Å². The van der Waals surface area contributed by atoms with E-state index in [4.69, 9.17) is 9.26 Å². The molecule has 2 aromatic heterocycles. The van der Waals surface area contributed by atoms with Gasteiger partial charge in [0, 0.05) is 38.4 Å². The van der Waals surface area contributed by atoms with E-state index in [0.29, 0.717) is 17.1 Å². The number of urea groups is 1. The highest BCUT2D eigenvalue weighted by Gasteiger charge is 2.34. The molecule has 222 valence electrons. The molecule has 0 spiro atoms. The standard InChI is InChI=1S/C26H35N7O7S/c1-15-10-33(16(2)13-34)25(35)20-9-19(30-41(37,38)23-12-31(5)14-27-23)7-8-21(20)39-22(15)11-32(6)26(36)28-24-17(3)29-40-18(24)4/h7-9,12,14-16,22,30,34H,10-11,13H2,1-6H3,(H,28,36)/t15-,16-,22-/m0/s1. The summed E-state index contributed by atoms with van der Waals surface area (Å²) in [6.45, 7) is 7.17. The quantitative estimate of drug-likeness (QED) is 0.356. The third-order valence-electron chi connectivity index (χ3n) is 6.94. The van der Waals surface area contributed by atoms with Crippen LogP contribution in [-0.2, 0) is 17.1 Å². The number of aliphatic hydroxyl groups is 1. The predicted molar refractivity (Wildman–Crippen MR) is 149 cm³/mol. The zero-order chi connectivity index (χ0) is 30.1. The number of hydrogen-bond acceptors (Lipinski definition) is 9. The molecular formula is C26H35N7O7S. The van der Waals surface area contributed by atoms with Crippen LogP contribution in [0.2, 0.25) is 0 Å². The summed E-state index contributed by atoms with van der Waals surface area (Å²) in [5.74, 6) is 0.0466. The molecule has 0 aliphatic carbocycles. The first kappa shape index (κ1) is 29.9. The number of carbonyl (C=O) groups is 2. The van der Waals surface area contributed by atoms with Crippen molar-refractivity contribution in [1.29, 1.82) is 0 Å². The molecule has 41 heavy (non-hydrogen) atoms. The number of sulfonamides is 1. The maximum absolute atomic E-state index is 13.7. The number of aromatic nitrogens is 3. The zero-order valence-electron chi connectivity index (χ0n) is 23.8. The van der Waals surface area contributed by atoms with Crippen molar-refractivity contribution < 1.29 is 32.4 Å². The van der Waals surface area contributed by atoms with E-state index in [0.717, 1.165) is 0 Å². The third kappa shape index (κ3) is 6.46. The Labute approximate surface area is 238 Å². The van der Waals surface area contributed by atoms with Crippen LogP contribution in [0.25, 0.3) is 0 Å². The molecule has 1 aliphatic rings. The summed E-state index contributed by atoms with van der Waals surface area (Å²) in [5, 5.41) is 16.4. The number of ether oxygens (including phenoxy) is 1. The molecule has 0 bridgehead atoms. The Morgan fingerprint density at radius 1 is 1.32 bits per heavy atom. The van der Waals surface area contributed by atoms with E-state index in [1.54, 1.807) is 34.9 Å². The highest BCUT2D eigenvalue weighted by Crippen LogP contribution is 2.31. The Hall–Kier alpha value is -4.11. The van der Waals surface area contributed by atoms with Crippen molar-refractivity contribution >= 4 is 33.3 Å². The van der Waals surface area contributed by atoms with E-state index in [1.165, 1.54) is 45.1 Å². The largest absolute Gasteiger partial charge is 0.487 e. The first-order valence-electron chi connectivity index (χ1n) is 13.0. The van der Waals surface area contributed by atoms with Crippen LogP contribution < -0.4 is 14.8 Å². The van der Waals surface area contributed by atoms with E-state index < -0.39 is 34.1 Å². The van der Waals surface area contributed by atoms with Gasteiger partial charge < -0.3 is 34.1 Å². The van der Waals surface area contributed by atoms with Crippen molar-refractivity contribution in [3.63, 3.8) is 0 Å². The zero-order valence-corrected chi connectivity index (χ0v) is 24.6. The van der Waals surface area contributed by atoms with Crippen molar-refractivity contribution in [2.75, 3.05) is 36.8 Å². The van der Waals surface area contributed by atoms with Gasteiger partial charge in [-0.3, -0.25) is 9.52 Å². The Morgan fingerprint density at radius 3 is 2.66 bits per heavy atom. The van der Waals surface area contributed by atoms with Crippen LogP contribution in [-0.4, -0.2) is 88.9 Å².